The van der Waals surface area contributed by atoms with Gasteiger partial charge in [0.15, 0.2) is 0 Å². The molecule has 0 aromatic heterocycles. The van der Waals surface area contributed by atoms with Crippen LogP contribution in [0.15, 0.2) is 24.3 Å². The summed E-state index contributed by atoms with van der Waals surface area (Å²) in [5.74, 6) is 0.275. The average molecular weight is 318 g/mol. The molecule has 0 saturated carbocycles. The number of nitrogens with two attached hydrogens (primary N) is 1. The van der Waals surface area contributed by atoms with Crippen molar-refractivity contribution < 1.29 is 4.79 Å². The zero-order valence-corrected chi connectivity index (χ0v) is 14.6. The molecular formula is C18H30N4O. The Morgan fingerprint density at radius 2 is 1.74 bits per heavy atom. The number of hydrogen-bond acceptors (Lipinski definition) is 4. The molecule has 1 fully saturated rings. The first-order chi connectivity index (χ1) is 11.0. The van der Waals surface area contributed by atoms with Gasteiger partial charge in [-0.2, -0.15) is 0 Å². The maximum absolute atomic E-state index is 12.1. The van der Waals surface area contributed by atoms with E-state index in [1.54, 1.807) is 0 Å². The lowest BCUT2D eigenvalue weighted by Gasteiger charge is -2.38. The molecule has 0 spiro atoms. The van der Waals surface area contributed by atoms with Crippen LogP contribution in [0.25, 0.3) is 0 Å². The summed E-state index contributed by atoms with van der Waals surface area (Å²) in [6.07, 6.45) is 0. The Morgan fingerprint density at radius 3 is 2.26 bits per heavy atom. The lowest BCUT2D eigenvalue weighted by molar-refractivity contribution is 0.0948. The molecule has 0 aliphatic carbocycles. The van der Waals surface area contributed by atoms with Crippen LogP contribution in [0, 0.1) is 5.92 Å². The predicted octanol–water partition coefficient (Wildman–Crippen LogP) is 1.54. The molecule has 1 aromatic rings. The van der Waals surface area contributed by atoms with Crippen LogP contribution in [0.2, 0.25) is 0 Å². The van der Waals surface area contributed by atoms with Gasteiger partial charge in [0.25, 0.3) is 5.91 Å². The second-order valence-corrected chi connectivity index (χ2v) is 6.71. The third-order valence-electron chi connectivity index (χ3n) is 4.55. The second-order valence-electron chi connectivity index (χ2n) is 6.71. The molecule has 5 heteroatoms. The van der Waals surface area contributed by atoms with Crippen molar-refractivity contribution in [3.8, 4) is 0 Å². The van der Waals surface area contributed by atoms with Crippen LogP contribution >= 0.6 is 0 Å². The Bertz CT molecular complexity index is 492. The first-order valence-electron chi connectivity index (χ1n) is 8.58. The Balaban J connectivity index is 1.88. The van der Waals surface area contributed by atoms with E-state index in [0.29, 0.717) is 30.6 Å². The van der Waals surface area contributed by atoms with E-state index in [2.05, 4.69) is 29.0 Å². The number of benzene rings is 1. The molecule has 2 rings (SSSR count). The highest BCUT2D eigenvalue weighted by molar-refractivity contribution is 5.94. The lowest BCUT2D eigenvalue weighted by Crippen LogP contribution is -2.48. The fourth-order valence-electron chi connectivity index (χ4n) is 2.77. The largest absolute Gasteiger partial charge is 0.369 e. The third kappa shape index (κ3) is 4.94. The summed E-state index contributed by atoms with van der Waals surface area (Å²) in [7, 11) is 0. The smallest absolute Gasteiger partial charge is 0.251 e. The van der Waals surface area contributed by atoms with Crippen molar-refractivity contribution in [3.63, 3.8) is 0 Å². The quantitative estimate of drug-likeness (QED) is 0.835. The average Bonchev–Trinajstić information content (AvgIpc) is 2.59. The van der Waals surface area contributed by atoms with Crippen molar-refractivity contribution in [1.29, 1.82) is 0 Å². The molecule has 1 unspecified atom stereocenters. The van der Waals surface area contributed by atoms with Crippen LogP contribution in [0.4, 0.5) is 5.69 Å². The van der Waals surface area contributed by atoms with Gasteiger partial charge in [0.05, 0.1) is 0 Å². The van der Waals surface area contributed by atoms with E-state index in [0.717, 1.165) is 26.2 Å². The number of carbonyl (C=O) groups excluding carboxylic acids is 1. The van der Waals surface area contributed by atoms with Crippen LogP contribution in [-0.2, 0) is 0 Å². The maximum atomic E-state index is 12.1. The van der Waals surface area contributed by atoms with Gasteiger partial charge in [0.2, 0.25) is 0 Å². The van der Waals surface area contributed by atoms with E-state index in [-0.39, 0.29) is 5.91 Å². The fraction of sp³-hybridized carbons (Fsp3) is 0.611. The van der Waals surface area contributed by atoms with Gasteiger partial charge in [0, 0.05) is 50.0 Å². The molecule has 1 heterocycles. The molecule has 128 valence electrons. The van der Waals surface area contributed by atoms with Crippen molar-refractivity contribution in [1.82, 2.24) is 10.2 Å². The zero-order valence-electron chi connectivity index (χ0n) is 14.6. The standard InChI is InChI=1S/C18H30N4O/c1-14(2)21-8-10-22(11-9-21)17-6-4-16(5-7-17)18(23)20-13-15(3)12-19/h4-7,14-15H,8-13,19H2,1-3H3,(H,20,23). The molecule has 1 aromatic carbocycles. The Kier molecular flexibility index (Phi) is 6.42. The van der Waals surface area contributed by atoms with Gasteiger partial charge in [-0.15, -0.1) is 0 Å². The summed E-state index contributed by atoms with van der Waals surface area (Å²) >= 11 is 0. The van der Waals surface area contributed by atoms with Gasteiger partial charge in [-0.05, 0) is 50.6 Å². The van der Waals surface area contributed by atoms with E-state index in [4.69, 9.17) is 5.73 Å². The molecule has 0 radical (unpaired) electrons. The van der Waals surface area contributed by atoms with E-state index in [1.165, 1.54) is 5.69 Å². The fourth-order valence-corrected chi connectivity index (χ4v) is 2.77. The van der Waals surface area contributed by atoms with E-state index in [9.17, 15) is 4.79 Å². The van der Waals surface area contributed by atoms with Gasteiger partial charge in [-0.1, -0.05) is 6.92 Å². The van der Waals surface area contributed by atoms with Crippen LogP contribution in [0.5, 0.6) is 0 Å². The van der Waals surface area contributed by atoms with Crippen LogP contribution in [0.3, 0.4) is 0 Å². The number of hydrogen-bond donors (Lipinski definition) is 2. The topological polar surface area (TPSA) is 61.6 Å². The number of piperazine rings is 1. The summed E-state index contributed by atoms with van der Waals surface area (Å²) in [6, 6.07) is 8.52. The third-order valence-corrected chi connectivity index (χ3v) is 4.55. The van der Waals surface area contributed by atoms with Crippen molar-refractivity contribution in [3.05, 3.63) is 29.8 Å². The summed E-state index contributed by atoms with van der Waals surface area (Å²) < 4.78 is 0. The molecule has 1 amide bonds. The van der Waals surface area contributed by atoms with Gasteiger partial charge < -0.3 is 16.0 Å². The monoisotopic (exact) mass is 318 g/mol. The molecule has 5 nitrogen and oxygen atoms in total. The Hall–Kier alpha value is -1.59. The molecule has 1 atom stereocenters. The van der Waals surface area contributed by atoms with Crippen LogP contribution in [0.1, 0.15) is 31.1 Å². The number of anilines is 1. The number of nitrogens with zero attached hydrogens (tertiary/aromatic N) is 2. The van der Waals surface area contributed by atoms with Crippen molar-refractivity contribution in [2.45, 2.75) is 26.8 Å². The SMILES string of the molecule is CC(CN)CNC(=O)c1ccc(N2CCN(C(C)C)CC2)cc1. The van der Waals surface area contributed by atoms with E-state index in [1.807, 2.05) is 31.2 Å². The van der Waals surface area contributed by atoms with Crippen LogP contribution < -0.4 is 16.0 Å². The number of amides is 1. The van der Waals surface area contributed by atoms with Crippen molar-refractivity contribution in [2.24, 2.45) is 11.7 Å². The zero-order chi connectivity index (χ0) is 16.8. The molecule has 23 heavy (non-hydrogen) atoms. The van der Waals surface area contributed by atoms with Gasteiger partial charge in [-0.3, -0.25) is 9.69 Å². The summed E-state index contributed by atoms with van der Waals surface area (Å²) in [5.41, 5.74) is 7.47. The Labute approximate surface area is 139 Å². The highest BCUT2D eigenvalue weighted by Gasteiger charge is 2.19. The summed E-state index contributed by atoms with van der Waals surface area (Å²) in [6.45, 7) is 12.0. The predicted molar refractivity (Wildman–Crippen MR) is 95.9 cm³/mol. The van der Waals surface area contributed by atoms with Crippen LogP contribution in [-0.4, -0.2) is 56.1 Å². The van der Waals surface area contributed by atoms with Crippen molar-refractivity contribution in [2.75, 3.05) is 44.2 Å². The molecular weight excluding hydrogens is 288 g/mol. The van der Waals surface area contributed by atoms with E-state index >= 15 is 0 Å². The van der Waals surface area contributed by atoms with Gasteiger partial charge >= 0.3 is 0 Å². The lowest BCUT2D eigenvalue weighted by atomic mass is 10.1. The maximum Gasteiger partial charge on any atom is 0.251 e. The molecule has 0 bridgehead atoms. The Morgan fingerprint density at radius 1 is 1.13 bits per heavy atom. The second kappa shape index (κ2) is 8.31. The minimum atomic E-state index is -0.0264. The minimum absolute atomic E-state index is 0.0264. The molecule has 1 aliphatic rings. The molecule has 3 N–H and O–H groups in total. The van der Waals surface area contributed by atoms with Gasteiger partial charge in [-0.25, -0.2) is 0 Å². The minimum Gasteiger partial charge on any atom is -0.369 e. The summed E-state index contributed by atoms with van der Waals surface area (Å²) in [4.78, 5) is 17.0. The normalized spacial score (nSPS) is 17.3. The first-order valence-corrected chi connectivity index (χ1v) is 8.58. The van der Waals surface area contributed by atoms with E-state index < -0.39 is 0 Å². The first kappa shape index (κ1) is 17.8. The highest BCUT2D eigenvalue weighted by atomic mass is 16.1. The van der Waals surface area contributed by atoms with Crippen molar-refractivity contribution >= 4 is 11.6 Å². The highest BCUT2D eigenvalue weighted by Crippen LogP contribution is 2.18. The number of nitrogens with one attached hydrogen (secondary N) is 1. The number of rotatable bonds is 6. The van der Waals surface area contributed by atoms with Gasteiger partial charge in [0.1, 0.15) is 0 Å². The molecule has 1 saturated heterocycles. The summed E-state index contributed by atoms with van der Waals surface area (Å²) in [5, 5.41) is 2.93. The molecule has 1 aliphatic heterocycles. The number of carbonyl (C=O) groups is 1.